The maximum Gasteiger partial charge on any atom is 0.304 e. The van der Waals surface area contributed by atoms with Gasteiger partial charge in [-0.2, -0.15) is 12.7 Å². The molecule has 0 unspecified atom stereocenters. The molecule has 2 N–H and O–H groups in total. The molecule has 1 heterocycles. The van der Waals surface area contributed by atoms with Gasteiger partial charge in [-0.05, 0) is 12.8 Å². The molecule has 9 heteroatoms. The summed E-state index contributed by atoms with van der Waals surface area (Å²) in [6, 6.07) is 0. The summed E-state index contributed by atoms with van der Waals surface area (Å²) < 4.78 is 28.9. The molecular formula is C11H20N4O4S. The fourth-order valence-corrected chi connectivity index (χ4v) is 2.48. The molecule has 1 rings (SSSR count). The van der Waals surface area contributed by atoms with Gasteiger partial charge in [0.2, 0.25) is 0 Å². The van der Waals surface area contributed by atoms with Gasteiger partial charge < -0.3 is 9.67 Å². The highest BCUT2D eigenvalue weighted by atomic mass is 32.2. The number of unbranched alkanes of at least 4 members (excludes halogenated alkanes) is 1. The third-order valence-corrected chi connectivity index (χ3v) is 4.31. The number of carbonyl (C=O) groups is 1. The van der Waals surface area contributed by atoms with E-state index in [1.54, 1.807) is 12.5 Å². The summed E-state index contributed by atoms with van der Waals surface area (Å²) >= 11 is 0. The van der Waals surface area contributed by atoms with Gasteiger partial charge in [0, 0.05) is 39.1 Å². The second kappa shape index (κ2) is 7.98. The van der Waals surface area contributed by atoms with Crippen molar-refractivity contribution in [3.63, 3.8) is 0 Å². The number of hydrogen-bond donors (Lipinski definition) is 2. The zero-order valence-electron chi connectivity index (χ0n) is 11.4. The fraction of sp³-hybridized carbons (Fsp3) is 0.636. The largest absolute Gasteiger partial charge is 0.481 e. The maximum atomic E-state index is 11.7. The number of aromatic nitrogens is 2. The van der Waals surface area contributed by atoms with Crippen LogP contribution in [0.5, 0.6) is 0 Å². The molecule has 20 heavy (non-hydrogen) atoms. The first kappa shape index (κ1) is 16.6. The van der Waals surface area contributed by atoms with Gasteiger partial charge in [-0.1, -0.05) is 0 Å². The van der Waals surface area contributed by atoms with E-state index in [4.69, 9.17) is 5.11 Å². The van der Waals surface area contributed by atoms with E-state index in [2.05, 4.69) is 9.71 Å². The Labute approximate surface area is 118 Å². The highest BCUT2D eigenvalue weighted by molar-refractivity contribution is 7.87. The second-order valence-corrected chi connectivity index (χ2v) is 6.23. The Kier molecular flexibility index (Phi) is 6.62. The second-order valence-electron chi connectivity index (χ2n) is 4.37. The number of carboxylic acid groups (broad SMARTS) is 1. The molecule has 1 aromatic heterocycles. The number of aliphatic carboxylic acids is 1. The standard InChI is InChI=1S/C11H20N4O4S/c1-14(8-4-11(16)17)20(18,19)13-5-2-3-7-15-9-6-12-10-15/h6,9-10,13H,2-5,7-8H2,1H3,(H,16,17). The Balaban J connectivity index is 2.20. The van der Waals surface area contributed by atoms with Gasteiger partial charge in [0.05, 0.1) is 12.7 Å². The lowest BCUT2D eigenvalue weighted by Gasteiger charge is -2.16. The quantitative estimate of drug-likeness (QED) is 0.588. The predicted octanol–water partition coefficient (Wildman–Crippen LogP) is -0.0958. The summed E-state index contributed by atoms with van der Waals surface area (Å²) in [6.45, 7) is 1.07. The summed E-state index contributed by atoms with van der Waals surface area (Å²) in [5, 5.41) is 8.52. The van der Waals surface area contributed by atoms with Crippen molar-refractivity contribution in [3.8, 4) is 0 Å². The average Bonchev–Trinajstić information content (AvgIpc) is 2.88. The van der Waals surface area contributed by atoms with E-state index in [1.807, 2.05) is 10.8 Å². The summed E-state index contributed by atoms with van der Waals surface area (Å²) in [6.07, 6.45) is 6.58. The van der Waals surface area contributed by atoms with Crippen LogP contribution in [-0.4, -0.2) is 53.5 Å². The number of carboxylic acids is 1. The molecule has 0 radical (unpaired) electrons. The van der Waals surface area contributed by atoms with Crippen molar-refractivity contribution < 1.29 is 18.3 Å². The molecular weight excluding hydrogens is 284 g/mol. The lowest BCUT2D eigenvalue weighted by molar-refractivity contribution is -0.137. The first-order valence-corrected chi connectivity index (χ1v) is 7.74. The van der Waals surface area contributed by atoms with Crippen LogP contribution in [0, 0.1) is 0 Å². The minimum atomic E-state index is -3.59. The predicted molar refractivity (Wildman–Crippen MR) is 73.3 cm³/mol. The van der Waals surface area contributed by atoms with Crippen molar-refractivity contribution in [2.45, 2.75) is 25.8 Å². The van der Waals surface area contributed by atoms with Gasteiger partial charge in [0.15, 0.2) is 0 Å². The van der Waals surface area contributed by atoms with Crippen molar-refractivity contribution in [1.29, 1.82) is 0 Å². The van der Waals surface area contributed by atoms with Gasteiger partial charge in [-0.15, -0.1) is 0 Å². The minimum absolute atomic E-state index is 0.0420. The van der Waals surface area contributed by atoms with Crippen LogP contribution in [0.3, 0.4) is 0 Å². The van der Waals surface area contributed by atoms with Crippen LogP contribution in [-0.2, 0) is 21.5 Å². The molecule has 0 fully saturated rings. The van der Waals surface area contributed by atoms with Crippen molar-refractivity contribution in [2.75, 3.05) is 20.1 Å². The minimum Gasteiger partial charge on any atom is -0.481 e. The van der Waals surface area contributed by atoms with Crippen LogP contribution in [0.25, 0.3) is 0 Å². The third-order valence-electron chi connectivity index (χ3n) is 2.74. The molecule has 0 aliphatic rings. The van der Waals surface area contributed by atoms with E-state index in [9.17, 15) is 13.2 Å². The highest BCUT2D eigenvalue weighted by Gasteiger charge is 2.17. The van der Waals surface area contributed by atoms with Crippen LogP contribution in [0.15, 0.2) is 18.7 Å². The Morgan fingerprint density at radius 2 is 2.20 bits per heavy atom. The normalized spacial score (nSPS) is 11.9. The smallest absolute Gasteiger partial charge is 0.304 e. The van der Waals surface area contributed by atoms with Crippen LogP contribution in [0.1, 0.15) is 19.3 Å². The first-order chi connectivity index (χ1) is 9.42. The van der Waals surface area contributed by atoms with Crippen LogP contribution >= 0.6 is 0 Å². The van der Waals surface area contributed by atoms with E-state index < -0.39 is 16.2 Å². The van der Waals surface area contributed by atoms with Gasteiger partial charge in [0.25, 0.3) is 10.2 Å². The average molecular weight is 304 g/mol. The van der Waals surface area contributed by atoms with Crippen molar-refractivity contribution >= 4 is 16.2 Å². The molecule has 8 nitrogen and oxygen atoms in total. The zero-order chi connectivity index (χ0) is 15.0. The summed E-state index contributed by atoms with van der Waals surface area (Å²) in [5.74, 6) is -1.02. The van der Waals surface area contributed by atoms with Crippen molar-refractivity contribution in [2.24, 2.45) is 0 Å². The molecule has 1 aromatic rings. The van der Waals surface area contributed by atoms with Crippen LogP contribution in [0.2, 0.25) is 0 Å². The van der Waals surface area contributed by atoms with E-state index in [0.29, 0.717) is 13.0 Å². The molecule has 0 aromatic carbocycles. The highest BCUT2D eigenvalue weighted by Crippen LogP contribution is 1.98. The number of hydrogen-bond acceptors (Lipinski definition) is 4. The van der Waals surface area contributed by atoms with Crippen LogP contribution in [0.4, 0.5) is 0 Å². The number of aryl methyl sites for hydroxylation is 1. The Hall–Kier alpha value is -1.45. The van der Waals surface area contributed by atoms with E-state index in [0.717, 1.165) is 17.3 Å². The fourth-order valence-electron chi connectivity index (χ4n) is 1.52. The lowest BCUT2D eigenvalue weighted by Crippen LogP contribution is -2.39. The number of rotatable bonds is 10. The summed E-state index contributed by atoms with van der Waals surface area (Å²) in [5.41, 5.74) is 0. The molecule has 0 aliphatic heterocycles. The van der Waals surface area contributed by atoms with Gasteiger partial charge in [-0.3, -0.25) is 4.79 Å². The Morgan fingerprint density at radius 1 is 1.45 bits per heavy atom. The zero-order valence-corrected chi connectivity index (χ0v) is 12.2. The molecule has 0 saturated carbocycles. The Morgan fingerprint density at radius 3 is 2.80 bits per heavy atom. The number of nitrogens with one attached hydrogen (secondary N) is 1. The summed E-state index contributed by atoms with van der Waals surface area (Å²) in [4.78, 5) is 14.3. The summed E-state index contributed by atoms with van der Waals surface area (Å²) in [7, 11) is -2.23. The van der Waals surface area contributed by atoms with E-state index in [-0.39, 0.29) is 13.0 Å². The van der Waals surface area contributed by atoms with Crippen molar-refractivity contribution in [3.05, 3.63) is 18.7 Å². The molecule has 0 spiro atoms. The molecule has 0 amide bonds. The van der Waals surface area contributed by atoms with Crippen LogP contribution < -0.4 is 4.72 Å². The van der Waals surface area contributed by atoms with Gasteiger partial charge in [-0.25, -0.2) is 9.71 Å². The van der Waals surface area contributed by atoms with E-state index in [1.165, 1.54) is 7.05 Å². The van der Waals surface area contributed by atoms with Gasteiger partial charge >= 0.3 is 5.97 Å². The lowest BCUT2D eigenvalue weighted by atomic mass is 10.3. The topological polar surface area (TPSA) is 105 Å². The molecule has 0 saturated heterocycles. The molecule has 114 valence electrons. The number of nitrogens with zero attached hydrogens (tertiary/aromatic N) is 3. The molecule has 0 aliphatic carbocycles. The molecule has 0 bridgehead atoms. The van der Waals surface area contributed by atoms with E-state index >= 15 is 0 Å². The SMILES string of the molecule is CN(CCC(=O)O)S(=O)(=O)NCCCCn1ccnc1. The monoisotopic (exact) mass is 304 g/mol. The molecule has 0 atom stereocenters. The number of imidazole rings is 1. The Bertz CT molecular complexity index is 501. The van der Waals surface area contributed by atoms with Gasteiger partial charge in [0.1, 0.15) is 0 Å². The first-order valence-electron chi connectivity index (χ1n) is 6.30. The van der Waals surface area contributed by atoms with Crippen molar-refractivity contribution in [1.82, 2.24) is 18.6 Å². The maximum absolute atomic E-state index is 11.7. The third kappa shape index (κ3) is 6.13.